The number of fused-ring (bicyclic) bond motifs is 1. The third kappa shape index (κ3) is 4.58. The van der Waals surface area contributed by atoms with Crippen LogP contribution in [-0.2, 0) is 10.9 Å². The molecule has 1 fully saturated rings. The number of rotatable bonds is 4. The maximum absolute atomic E-state index is 13.3. The summed E-state index contributed by atoms with van der Waals surface area (Å²) in [6.45, 7) is 8.38. The number of alkyl halides is 3. The zero-order valence-electron chi connectivity index (χ0n) is 17.8. The van der Waals surface area contributed by atoms with E-state index in [9.17, 15) is 13.2 Å². The Morgan fingerprint density at radius 2 is 1.74 bits per heavy atom. The van der Waals surface area contributed by atoms with Crippen LogP contribution in [-0.4, -0.2) is 36.5 Å². The first kappa shape index (κ1) is 21.4. The van der Waals surface area contributed by atoms with Gasteiger partial charge in [0.1, 0.15) is 0 Å². The van der Waals surface area contributed by atoms with Crippen molar-refractivity contribution in [2.24, 2.45) is 0 Å². The van der Waals surface area contributed by atoms with Crippen LogP contribution in [0.25, 0.3) is 10.8 Å². The predicted molar refractivity (Wildman–Crippen MR) is 116 cm³/mol. The highest BCUT2D eigenvalue weighted by atomic mass is 19.4. The molecule has 0 unspecified atom stereocenters. The van der Waals surface area contributed by atoms with E-state index in [1.54, 1.807) is 13.0 Å². The van der Waals surface area contributed by atoms with E-state index in [2.05, 4.69) is 32.5 Å². The van der Waals surface area contributed by atoms with Crippen molar-refractivity contribution in [2.45, 2.75) is 33.0 Å². The Morgan fingerprint density at radius 3 is 2.45 bits per heavy atom. The van der Waals surface area contributed by atoms with E-state index in [1.165, 1.54) is 6.07 Å². The van der Waals surface area contributed by atoms with Gasteiger partial charge in [0, 0.05) is 29.5 Å². The number of halogens is 3. The number of nitrogens with zero attached hydrogens (tertiary/aromatic N) is 3. The minimum atomic E-state index is -4.39. The largest absolute Gasteiger partial charge is 0.416 e. The molecular weight excluding hydrogens is 405 g/mol. The van der Waals surface area contributed by atoms with Gasteiger partial charge in [-0.25, -0.2) is 0 Å². The highest BCUT2D eigenvalue weighted by molar-refractivity contribution is 5.95. The van der Waals surface area contributed by atoms with Crippen LogP contribution in [0.2, 0.25) is 0 Å². The molecule has 3 aromatic rings. The average molecular weight is 430 g/mol. The van der Waals surface area contributed by atoms with Crippen LogP contribution in [0.3, 0.4) is 0 Å². The van der Waals surface area contributed by atoms with Crippen molar-refractivity contribution in [3.8, 4) is 0 Å². The fourth-order valence-electron chi connectivity index (χ4n) is 3.92. The van der Waals surface area contributed by atoms with Crippen LogP contribution in [0.4, 0.5) is 24.7 Å². The molecule has 0 spiro atoms. The van der Waals surface area contributed by atoms with Gasteiger partial charge in [-0.1, -0.05) is 17.7 Å². The van der Waals surface area contributed by atoms with E-state index >= 15 is 0 Å². The third-order valence-corrected chi connectivity index (χ3v) is 5.60. The first-order chi connectivity index (χ1) is 14.7. The Labute approximate surface area is 179 Å². The van der Waals surface area contributed by atoms with Gasteiger partial charge in [0.25, 0.3) is 0 Å². The molecule has 1 aliphatic rings. The highest BCUT2D eigenvalue weighted by Gasteiger charge is 2.31. The lowest BCUT2D eigenvalue weighted by molar-refractivity contribution is -0.137. The van der Waals surface area contributed by atoms with E-state index in [1.807, 2.05) is 19.9 Å². The van der Waals surface area contributed by atoms with Crippen LogP contribution in [0, 0.1) is 13.8 Å². The van der Waals surface area contributed by atoms with E-state index in [0.29, 0.717) is 30.2 Å². The summed E-state index contributed by atoms with van der Waals surface area (Å²) in [5, 5.41) is 13.7. The first-order valence-corrected chi connectivity index (χ1v) is 10.3. The molecule has 31 heavy (non-hydrogen) atoms. The monoisotopic (exact) mass is 430 g/mol. The van der Waals surface area contributed by atoms with Crippen LogP contribution >= 0.6 is 0 Å². The summed E-state index contributed by atoms with van der Waals surface area (Å²) in [6, 6.07) is 9.87. The van der Waals surface area contributed by atoms with Gasteiger partial charge in [0.15, 0.2) is 5.82 Å². The molecule has 1 N–H and O–H groups in total. The molecule has 0 saturated carbocycles. The van der Waals surface area contributed by atoms with Gasteiger partial charge in [-0.3, -0.25) is 0 Å². The number of nitrogens with one attached hydrogen (secondary N) is 1. The molecule has 0 aliphatic carbocycles. The van der Waals surface area contributed by atoms with Gasteiger partial charge < -0.3 is 15.0 Å². The summed E-state index contributed by atoms with van der Waals surface area (Å²) in [4.78, 5) is 2.25. The van der Waals surface area contributed by atoms with Gasteiger partial charge >= 0.3 is 6.18 Å². The summed E-state index contributed by atoms with van der Waals surface area (Å²) >= 11 is 0. The molecular formula is C23H25F3N4O. The molecule has 2 heterocycles. The number of aryl methyl sites for hydroxylation is 2. The molecule has 4 rings (SSSR count). The minimum Gasteiger partial charge on any atom is -0.378 e. The quantitative estimate of drug-likeness (QED) is 0.611. The molecule has 1 aliphatic heterocycles. The fourth-order valence-corrected chi connectivity index (χ4v) is 3.92. The smallest absolute Gasteiger partial charge is 0.378 e. The Bertz CT molecular complexity index is 1090. The van der Waals surface area contributed by atoms with Crippen LogP contribution in [0.15, 0.2) is 36.4 Å². The number of anilines is 2. The topological polar surface area (TPSA) is 50.3 Å². The fraction of sp³-hybridized carbons (Fsp3) is 0.391. The molecule has 0 radical (unpaired) electrons. The maximum atomic E-state index is 13.3. The van der Waals surface area contributed by atoms with Crippen molar-refractivity contribution in [1.82, 2.24) is 10.2 Å². The van der Waals surface area contributed by atoms with Crippen molar-refractivity contribution in [3.05, 3.63) is 58.8 Å². The Kier molecular flexibility index (Phi) is 5.75. The predicted octanol–water partition coefficient (Wildman–Crippen LogP) is 5.28. The van der Waals surface area contributed by atoms with Gasteiger partial charge in [-0.2, -0.15) is 18.3 Å². The molecule has 1 saturated heterocycles. The minimum absolute atomic E-state index is 0.381. The van der Waals surface area contributed by atoms with Gasteiger partial charge in [-0.15, -0.1) is 5.10 Å². The normalized spacial score (nSPS) is 15.9. The number of aromatic nitrogens is 2. The second-order valence-corrected chi connectivity index (χ2v) is 7.96. The maximum Gasteiger partial charge on any atom is 0.416 e. The first-order valence-electron chi connectivity index (χ1n) is 10.3. The van der Waals surface area contributed by atoms with Crippen molar-refractivity contribution >= 4 is 22.3 Å². The Hall–Kier alpha value is -2.87. The molecule has 8 heteroatoms. The number of hydrogen-bond donors (Lipinski definition) is 1. The summed E-state index contributed by atoms with van der Waals surface area (Å²) in [7, 11) is 0. The lowest BCUT2D eigenvalue weighted by atomic mass is 10.0. The van der Waals surface area contributed by atoms with E-state index in [4.69, 9.17) is 4.74 Å². The molecule has 2 aromatic carbocycles. The summed E-state index contributed by atoms with van der Waals surface area (Å²) < 4.78 is 45.2. The summed E-state index contributed by atoms with van der Waals surface area (Å²) in [6.07, 6.45) is -4.39. The molecule has 0 bridgehead atoms. The summed E-state index contributed by atoms with van der Waals surface area (Å²) in [5.74, 6) is 0.554. The van der Waals surface area contributed by atoms with Crippen molar-refractivity contribution in [2.75, 3.05) is 36.5 Å². The van der Waals surface area contributed by atoms with Crippen LogP contribution in [0.5, 0.6) is 0 Å². The number of ether oxygens (including phenoxy) is 1. The summed E-state index contributed by atoms with van der Waals surface area (Å²) in [5.41, 5.74) is 2.33. The SMILES string of the molecule is Cc1cc([C@@H](C)Nc2nnc(C)c3ccc(N4CCOCC4)cc23)cc(C(F)(F)F)c1. The molecule has 164 valence electrons. The second-order valence-electron chi connectivity index (χ2n) is 7.96. The second kappa shape index (κ2) is 8.34. The zero-order chi connectivity index (χ0) is 22.2. The number of morpholine rings is 1. The standard InChI is InChI=1S/C23H25F3N4O/c1-14-10-17(12-18(11-14)23(24,25)26)15(2)27-22-21-13-19(30-6-8-31-9-7-30)4-5-20(21)16(3)28-29-22/h4-5,10-13,15H,6-9H2,1-3H3,(H,27,29)/t15-/m1/s1. The number of hydrogen-bond acceptors (Lipinski definition) is 5. The van der Waals surface area contributed by atoms with E-state index in [-0.39, 0.29) is 6.04 Å². The lowest BCUT2D eigenvalue weighted by Gasteiger charge is -2.29. The Morgan fingerprint density at radius 1 is 1.00 bits per heavy atom. The number of benzene rings is 2. The van der Waals surface area contributed by atoms with Crippen molar-refractivity contribution in [3.63, 3.8) is 0 Å². The van der Waals surface area contributed by atoms with Crippen LogP contribution in [0.1, 0.15) is 35.3 Å². The van der Waals surface area contributed by atoms with Crippen molar-refractivity contribution < 1.29 is 17.9 Å². The molecule has 5 nitrogen and oxygen atoms in total. The molecule has 1 atom stereocenters. The highest BCUT2D eigenvalue weighted by Crippen LogP contribution is 2.34. The molecule has 1 aromatic heterocycles. The Balaban J connectivity index is 1.69. The van der Waals surface area contributed by atoms with Gasteiger partial charge in [0.05, 0.1) is 30.5 Å². The molecule has 0 amide bonds. The van der Waals surface area contributed by atoms with E-state index in [0.717, 1.165) is 41.3 Å². The average Bonchev–Trinajstić information content (AvgIpc) is 2.75. The van der Waals surface area contributed by atoms with Gasteiger partial charge in [0.2, 0.25) is 0 Å². The lowest BCUT2D eigenvalue weighted by Crippen LogP contribution is -2.36. The van der Waals surface area contributed by atoms with E-state index < -0.39 is 11.7 Å². The van der Waals surface area contributed by atoms with Crippen LogP contribution < -0.4 is 10.2 Å². The third-order valence-electron chi connectivity index (χ3n) is 5.60. The van der Waals surface area contributed by atoms with Crippen molar-refractivity contribution in [1.29, 1.82) is 0 Å². The van der Waals surface area contributed by atoms with Gasteiger partial charge in [-0.05, 0) is 50.6 Å². The zero-order valence-corrected chi connectivity index (χ0v) is 17.8.